The van der Waals surface area contributed by atoms with Crippen LogP contribution in [0.3, 0.4) is 0 Å². The second kappa shape index (κ2) is 7.93. The summed E-state index contributed by atoms with van der Waals surface area (Å²) in [4.78, 5) is 44.3. The molecular weight excluding hydrogens is 412 g/mol. The van der Waals surface area contributed by atoms with Crippen molar-refractivity contribution in [3.8, 4) is 17.2 Å². The lowest BCUT2D eigenvalue weighted by molar-refractivity contribution is -0.133. The molecule has 1 aromatic heterocycles. The molecule has 0 unspecified atom stereocenters. The number of ether oxygens (including phenoxy) is 2. The lowest BCUT2D eigenvalue weighted by atomic mass is 10.2. The van der Waals surface area contributed by atoms with Gasteiger partial charge < -0.3 is 19.7 Å². The first kappa shape index (κ1) is 20.0. The molecule has 2 aliphatic heterocycles. The third-order valence-electron chi connectivity index (χ3n) is 5.40. The fourth-order valence-electron chi connectivity index (χ4n) is 3.82. The van der Waals surface area contributed by atoms with Gasteiger partial charge in [-0.25, -0.2) is 14.6 Å². The number of hydrogen-bond donors (Lipinski definition) is 1. The number of piperazine rings is 1. The molecule has 9 nitrogen and oxygen atoms in total. The summed E-state index contributed by atoms with van der Waals surface area (Å²) in [5.74, 6) is -1.12. The van der Waals surface area contributed by atoms with Crippen LogP contribution in [0.4, 0.5) is 5.82 Å². The zero-order valence-corrected chi connectivity index (χ0v) is 17.3. The number of carbonyl (C=O) groups is 2. The second-order valence-electron chi connectivity index (χ2n) is 7.58. The number of rotatable bonds is 2. The Morgan fingerprint density at radius 1 is 0.906 bits per heavy atom. The summed E-state index contributed by atoms with van der Waals surface area (Å²) in [5.41, 5.74) is 2.12. The monoisotopic (exact) mass is 432 g/mol. The second-order valence-corrected chi connectivity index (χ2v) is 7.58. The van der Waals surface area contributed by atoms with Gasteiger partial charge in [0, 0.05) is 44.0 Å². The van der Waals surface area contributed by atoms with Gasteiger partial charge in [0.1, 0.15) is 5.52 Å². The van der Waals surface area contributed by atoms with E-state index in [1.807, 2.05) is 36.1 Å². The van der Waals surface area contributed by atoms with Gasteiger partial charge in [-0.05, 0) is 31.2 Å². The summed E-state index contributed by atoms with van der Waals surface area (Å²) in [7, 11) is 0. The number of nitrogens with one attached hydrogen (secondary N) is 1. The lowest BCUT2D eigenvalue weighted by Crippen LogP contribution is -2.46. The molecule has 0 radical (unpaired) electrons. The molecule has 0 amide bonds. The Morgan fingerprint density at radius 3 is 2.31 bits per heavy atom. The standard InChI is InChI=1S/C23H20N4O5/c1-14-2-4-15(5-3-14)27-16-6-7-17-21(32-19(29)9-8-18(28)31-17)20(16)25-22(23(27)30)26-12-10-24-11-13-26/h2-9,24H,10-13H2,1H3/b9-8-. The number of aromatic nitrogens is 2. The normalized spacial score (nSPS) is 17.2. The Morgan fingerprint density at radius 2 is 1.59 bits per heavy atom. The first-order valence-corrected chi connectivity index (χ1v) is 10.3. The van der Waals surface area contributed by atoms with Gasteiger partial charge in [-0.3, -0.25) is 9.36 Å². The molecular formula is C23H20N4O5. The van der Waals surface area contributed by atoms with Crippen molar-refractivity contribution < 1.29 is 19.1 Å². The number of carbonyl (C=O) groups excluding carboxylic acids is 2. The van der Waals surface area contributed by atoms with E-state index in [1.165, 1.54) is 6.07 Å². The lowest BCUT2D eigenvalue weighted by Gasteiger charge is -2.28. The Hall–Kier alpha value is -3.98. The zero-order chi connectivity index (χ0) is 22.2. The first-order chi connectivity index (χ1) is 15.5. The number of fused-ring (bicyclic) bond motifs is 3. The molecule has 3 aromatic rings. The third-order valence-corrected chi connectivity index (χ3v) is 5.40. The summed E-state index contributed by atoms with van der Waals surface area (Å²) in [5, 5.41) is 3.26. The van der Waals surface area contributed by atoms with Crippen LogP contribution >= 0.6 is 0 Å². The van der Waals surface area contributed by atoms with Gasteiger partial charge in [0.05, 0.1) is 5.52 Å². The summed E-state index contributed by atoms with van der Waals surface area (Å²) in [6.07, 6.45) is 2.00. The highest BCUT2D eigenvalue weighted by Crippen LogP contribution is 2.36. The van der Waals surface area contributed by atoms with Crippen LogP contribution in [-0.2, 0) is 9.59 Å². The van der Waals surface area contributed by atoms with Crippen molar-refractivity contribution in [2.75, 3.05) is 31.1 Å². The molecule has 1 fully saturated rings. The molecule has 1 saturated heterocycles. The van der Waals surface area contributed by atoms with Crippen LogP contribution in [-0.4, -0.2) is 47.7 Å². The van der Waals surface area contributed by atoms with Gasteiger partial charge >= 0.3 is 11.9 Å². The predicted octanol–water partition coefficient (Wildman–Crippen LogP) is 1.48. The van der Waals surface area contributed by atoms with E-state index in [0.717, 1.165) is 17.7 Å². The maximum absolute atomic E-state index is 13.6. The molecule has 162 valence electrons. The third kappa shape index (κ3) is 3.52. The molecule has 0 atom stereocenters. The van der Waals surface area contributed by atoms with E-state index in [0.29, 0.717) is 37.4 Å². The van der Waals surface area contributed by atoms with Gasteiger partial charge in [0.2, 0.25) is 5.75 Å². The number of hydrogen-bond acceptors (Lipinski definition) is 8. The summed E-state index contributed by atoms with van der Waals surface area (Å²) >= 11 is 0. The minimum Gasteiger partial charge on any atom is -0.419 e. The number of esters is 2. The highest BCUT2D eigenvalue weighted by molar-refractivity contribution is 5.98. The number of benzene rings is 2. The van der Waals surface area contributed by atoms with Crippen LogP contribution in [0.5, 0.6) is 11.5 Å². The van der Waals surface area contributed by atoms with Gasteiger partial charge in [0.25, 0.3) is 5.56 Å². The first-order valence-electron chi connectivity index (χ1n) is 10.3. The quantitative estimate of drug-likeness (QED) is 0.480. The van der Waals surface area contributed by atoms with E-state index in [9.17, 15) is 14.4 Å². The molecule has 0 saturated carbocycles. The van der Waals surface area contributed by atoms with Crippen LogP contribution in [0.1, 0.15) is 5.56 Å². The molecule has 0 spiro atoms. The van der Waals surface area contributed by atoms with Crippen LogP contribution in [0.15, 0.2) is 53.3 Å². The highest BCUT2D eigenvalue weighted by Gasteiger charge is 2.25. The SMILES string of the molecule is Cc1ccc(-n2c(=O)c(N3CCNCC3)nc3c4c(ccc32)OC(=O)/C=C\C(=O)O4)cc1. The summed E-state index contributed by atoms with van der Waals surface area (Å²) < 4.78 is 12.3. The van der Waals surface area contributed by atoms with E-state index in [2.05, 4.69) is 10.3 Å². The maximum Gasteiger partial charge on any atom is 0.336 e. The highest BCUT2D eigenvalue weighted by atomic mass is 16.6. The van der Waals surface area contributed by atoms with Gasteiger partial charge in [0.15, 0.2) is 11.6 Å². The van der Waals surface area contributed by atoms with E-state index in [1.54, 1.807) is 10.6 Å². The number of aryl methyl sites for hydroxylation is 1. The molecule has 2 aliphatic rings. The van der Waals surface area contributed by atoms with E-state index < -0.39 is 11.9 Å². The Bertz CT molecular complexity index is 1320. The van der Waals surface area contributed by atoms with Crippen LogP contribution in [0.25, 0.3) is 16.7 Å². The van der Waals surface area contributed by atoms with Crippen molar-refractivity contribution >= 4 is 28.8 Å². The van der Waals surface area contributed by atoms with Crippen molar-refractivity contribution in [3.63, 3.8) is 0 Å². The Kier molecular flexibility index (Phi) is 4.95. The fraction of sp³-hybridized carbons (Fsp3) is 0.217. The smallest absolute Gasteiger partial charge is 0.336 e. The van der Waals surface area contributed by atoms with E-state index >= 15 is 0 Å². The van der Waals surface area contributed by atoms with E-state index in [4.69, 9.17) is 9.47 Å². The Labute approximate surface area is 182 Å². The van der Waals surface area contributed by atoms with Crippen LogP contribution < -0.4 is 25.2 Å². The molecule has 3 heterocycles. The van der Waals surface area contributed by atoms with Crippen molar-refractivity contribution in [2.45, 2.75) is 6.92 Å². The molecule has 0 aliphatic carbocycles. The number of nitrogens with zero attached hydrogens (tertiary/aromatic N) is 3. The largest absolute Gasteiger partial charge is 0.419 e. The molecule has 2 aromatic carbocycles. The van der Waals surface area contributed by atoms with Crippen LogP contribution in [0.2, 0.25) is 0 Å². The summed E-state index contributed by atoms with van der Waals surface area (Å²) in [6.45, 7) is 4.61. The molecule has 5 rings (SSSR count). The molecule has 0 bridgehead atoms. The van der Waals surface area contributed by atoms with Gasteiger partial charge in [-0.1, -0.05) is 17.7 Å². The minimum atomic E-state index is -0.728. The minimum absolute atomic E-state index is 0.00226. The molecule has 9 heteroatoms. The predicted molar refractivity (Wildman–Crippen MR) is 118 cm³/mol. The average Bonchev–Trinajstić information content (AvgIpc) is 2.79. The van der Waals surface area contributed by atoms with Crippen LogP contribution in [0, 0.1) is 6.92 Å². The number of anilines is 1. The fourth-order valence-corrected chi connectivity index (χ4v) is 3.82. The zero-order valence-electron chi connectivity index (χ0n) is 17.3. The van der Waals surface area contributed by atoms with Gasteiger partial charge in [-0.2, -0.15) is 0 Å². The topological polar surface area (TPSA) is 103 Å². The maximum atomic E-state index is 13.6. The van der Waals surface area contributed by atoms with Crippen molar-refractivity contribution in [1.29, 1.82) is 0 Å². The average molecular weight is 432 g/mol. The van der Waals surface area contributed by atoms with Gasteiger partial charge in [-0.15, -0.1) is 0 Å². The van der Waals surface area contributed by atoms with Crippen molar-refractivity contribution in [2.24, 2.45) is 0 Å². The summed E-state index contributed by atoms with van der Waals surface area (Å²) in [6, 6.07) is 10.7. The van der Waals surface area contributed by atoms with Crippen molar-refractivity contribution in [1.82, 2.24) is 14.9 Å². The molecule has 32 heavy (non-hydrogen) atoms. The Balaban J connectivity index is 1.82. The van der Waals surface area contributed by atoms with E-state index in [-0.39, 0.29) is 28.4 Å². The molecule has 1 N–H and O–H groups in total. The van der Waals surface area contributed by atoms with Crippen molar-refractivity contribution in [3.05, 3.63) is 64.5 Å².